The third-order valence-corrected chi connectivity index (χ3v) is 4.48. The van der Waals surface area contributed by atoms with Gasteiger partial charge < -0.3 is 5.32 Å². The predicted octanol–water partition coefficient (Wildman–Crippen LogP) is 2.92. The van der Waals surface area contributed by atoms with Crippen LogP contribution in [0.1, 0.15) is 48.4 Å². The molecule has 0 spiro atoms. The number of carbonyl (C=O) groups is 1. The topological polar surface area (TPSA) is 92.7 Å². The van der Waals surface area contributed by atoms with E-state index in [9.17, 15) is 14.0 Å². The lowest BCUT2D eigenvalue weighted by Gasteiger charge is -2.32. The molecule has 28 heavy (non-hydrogen) atoms. The fraction of sp³-hybridized carbons (Fsp3) is 0.300. The summed E-state index contributed by atoms with van der Waals surface area (Å²) < 4.78 is 14.8. The molecule has 3 rings (SSSR count). The average Bonchev–Trinajstić information content (AvgIpc) is 3.02. The molecule has 0 aliphatic carbocycles. The maximum absolute atomic E-state index is 13.3. The van der Waals surface area contributed by atoms with Gasteiger partial charge in [-0.3, -0.25) is 9.59 Å². The zero-order valence-corrected chi connectivity index (χ0v) is 16.2. The van der Waals surface area contributed by atoms with Crippen molar-refractivity contribution in [3.05, 3.63) is 75.6 Å². The van der Waals surface area contributed by atoms with Gasteiger partial charge in [0.1, 0.15) is 5.82 Å². The van der Waals surface area contributed by atoms with Gasteiger partial charge >= 0.3 is 0 Å². The summed E-state index contributed by atoms with van der Waals surface area (Å²) in [6, 6.07) is 8.65. The van der Waals surface area contributed by atoms with Gasteiger partial charge in [0.25, 0.3) is 11.5 Å². The third-order valence-electron chi connectivity index (χ3n) is 4.48. The van der Waals surface area contributed by atoms with Crippen LogP contribution < -0.4 is 10.9 Å². The maximum Gasteiger partial charge on any atom is 0.264 e. The molecular weight excluding hydrogens is 361 g/mol. The number of hydrogen-bond acceptors (Lipinski definition) is 4. The molecule has 1 atom stereocenters. The lowest BCUT2D eigenvalue weighted by Crippen LogP contribution is -2.36. The number of amides is 1. The molecule has 1 amide bonds. The second-order valence-electron chi connectivity index (χ2n) is 7.66. The SMILES string of the molecule is Cc1c(C(=O)NC(c2ccc(F)cc2)C(C)(C)C)cnn1-c1ccc(=O)[nH]n1. The van der Waals surface area contributed by atoms with Crippen molar-refractivity contribution >= 4 is 5.91 Å². The van der Waals surface area contributed by atoms with Gasteiger partial charge in [-0.1, -0.05) is 32.9 Å². The molecule has 2 aromatic heterocycles. The fourth-order valence-corrected chi connectivity index (χ4v) is 2.98. The van der Waals surface area contributed by atoms with E-state index in [4.69, 9.17) is 0 Å². The number of hydrogen-bond donors (Lipinski definition) is 2. The van der Waals surface area contributed by atoms with Crippen molar-refractivity contribution in [2.24, 2.45) is 5.41 Å². The van der Waals surface area contributed by atoms with Crippen LogP contribution in [0.2, 0.25) is 0 Å². The van der Waals surface area contributed by atoms with Gasteiger partial charge in [0, 0.05) is 6.07 Å². The van der Waals surface area contributed by atoms with E-state index in [1.807, 2.05) is 20.8 Å². The monoisotopic (exact) mass is 383 g/mol. The highest BCUT2D eigenvalue weighted by atomic mass is 19.1. The number of nitrogens with one attached hydrogen (secondary N) is 2. The highest BCUT2D eigenvalue weighted by molar-refractivity contribution is 5.95. The van der Waals surface area contributed by atoms with Crippen LogP contribution >= 0.6 is 0 Å². The summed E-state index contributed by atoms with van der Waals surface area (Å²) in [5, 5.41) is 13.5. The largest absolute Gasteiger partial charge is 0.345 e. The second kappa shape index (κ2) is 7.38. The van der Waals surface area contributed by atoms with Gasteiger partial charge in [0.05, 0.1) is 23.5 Å². The Hall–Kier alpha value is -3.29. The minimum atomic E-state index is -0.326. The average molecular weight is 383 g/mol. The van der Waals surface area contributed by atoms with Gasteiger partial charge in [0.2, 0.25) is 0 Å². The van der Waals surface area contributed by atoms with Crippen LogP contribution in [0.5, 0.6) is 0 Å². The molecule has 7 nitrogen and oxygen atoms in total. The van der Waals surface area contributed by atoms with Crippen LogP contribution in [0.25, 0.3) is 5.82 Å². The summed E-state index contributed by atoms with van der Waals surface area (Å²) in [7, 11) is 0. The van der Waals surface area contributed by atoms with Crippen molar-refractivity contribution in [2.75, 3.05) is 0 Å². The van der Waals surface area contributed by atoms with Gasteiger partial charge in [-0.25, -0.2) is 14.2 Å². The summed E-state index contributed by atoms with van der Waals surface area (Å²) in [4.78, 5) is 24.1. The number of nitrogens with zero attached hydrogens (tertiary/aromatic N) is 3. The molecule has 3 aromatic rings. The molecule has 1 unspecified atom stereocenters. The minimum Gasteiger partial charge on any atom is -0.345 e. The Kier molecular flexibility index (Phi) is 5.13. The van der Waals surface area contributed by atoms with Crippen molar-refractivity contribution in [1.29, 1.82) is 0 Å². The van der Waals surface area contributed by atoms with Crippen LogP contribution in [-0.4, -0.2) is 25.9 Å². The van der Waals surface area contributed by atoms with E-state index in [0.717, 1.165) is 5.56 Å². The third kappa shape index (κ3) is 4.00. The summed E-state index contributed by atoms with van der Waals surface area (Å²) in [6.45, 7) is 7.75. The first kappa shape index (κ1) is 19.5. The first-order chi connectivity index (χ1) is 13.2. The van der Waals surface area contributed by atoms with E-state index >= 15 is 0 Å². The van der Waals surface area contributed by atoms with Gasteiger partial charge in [0.15, 0.2) is 5.82 Å². The molecule has 146 valence electrons. The number of carbonyl (C=O) groups excluding carboxylic acids is 1. The number of rotatable bonds is 4. The van der Waals surface area contributed by atoms with Gasteiger partial charge in [-0.2, -0.15) is 10.2 Å². The predicted molar refractivity (Wildman–Crippen MR) is 103 cm³/mol. The quantitative estimate of drug-likeness (QED) is 0.724. The summed E-state index contributed by atoms with van der Waals surface area (Å²) >= 11 is 0. The van der Waals surface area contributed by atoms with E-state index in [-0.39, 0.29) is 28.7 Å². The summed E-state index contributed by atoms with van der Waals surface area (Å²) in [5.41, 5.74) is 1.18. The second-order valence-corrected chi connectivity index (χ2v) is 7.66. The lowest BCUT2D eigenvalue weighted by atomic mass is 9.82. The van der Waals surface area contributed by atoms with E-state index in [1.165, 1.54) is 35.1 Å². The fourth-order valence-electron chi connectivity index (χ4n) is 2.98. The van der Waals surface area contributed by atoms with Crippen molar-refractivity contribution < 1.29 is 9.18 Å². The zero-order chi connectivity index (χ0) is 20.5. The van der Waals surface area contributed by atoms with Crippen molar-refractivity contribution in [1.82, 2.24) is 25.3 Å². The first-order valence-corrected chi connectivity index (χ1v) is 8.84. The smallest absolute Gasteiger partial charge is 0.264 e. The van der Waals surface area contributed by atoms with Crippen LogP contribution in [0.15, 0.2) is 47.4 Å². The standard InChI is InChI=1S/C20H22FN5O2/c1-12-15(11-22-26(12)16-9-10-17(27)25-24-16)19(28)23-18(20(2,3)4)13-5-7-14(21)8-6-13/h5-11,18H,1-4H3,(H,23,28)(H,25,27). The molecular formula is C20H22FN5O2. The molecule has 0 aliphatic rings. The van der Waals surface area contributed by atoms with E-state index in [0.29, 0.717) is 17.1 Å². The summed E-state index contributed by atoms with van der Waals surface area (Å²) in [6.07, 6.45) is 1.46. The van der Waals surface area contributed by atoms with Gasteiger partial charge in [-0.15, -0.1) is 0 Å². The molecule has 2 N–H and O–H groups in total. The Labute approximate surface area is 161 Å². The number of benzene rings is 1. The molecule has 0 aliphatic heterocycles. The number of halogens is 1. The van der Waals surface area contributed by atoms with E-state index in [2.05, 4.69) is 20.6 Å². The number of aromatic nitrogens is 4. The van der Waals surface area contributed by atoms with E-state index in [1.54, 1.807) is 19.1 Å². The van der Waals surface area contributed by atoms with Crippen LogP contribution in [0, 0.1) is 18.2 Å². The number of H-pyrrole nitrogens is 1. The Morgan fingerprint density at radius 3 is 2.43 bits per heavy atom. The molecule has 2 heterocycles. The van der Waals surface area contributed by atoms with Crippen molar-refractivity contribution in [3.63, 3.8) is 0 Å². The maximum atomic E-state index is 13.3. The van der Waals surface area contributed by atoms with Crippen LogP contribution in [0.4, 0.5) is 4.39 Å². The molecule has 0 radical (unpaired) electrons. The molecule has 1 aromatic carbocycles. The van der Waals surface area contributed by atoms with Crippen molar-refractivity contribution in [3.8, 4) is 5.82 Å². The molecule has 0 saturated carbocycles. The first-order valence-electron chi connectivity index (χ1n) is 8.84. The normalized spacial score (nSPS) is 12.6. The Morgan fingerprint density at radius 1 is 1.18 bits per heavy atom. The highest BCUT2D eigenvalue weighted by Crippen LogP contribution is 2.33. The van der Waals surface area contributed by atoms with Crippen molar-refractivity contribution in [2.45, 2.75) is 33.7 Å². The van der Waals surface area contributed by atoms with Crippen LogP contribution in [-0.2, 0) is 0 Å². The highest BCUT2D eigenvalue weighted by Gasteiger charge is 2.29. The Bertz CT molecular complexity index is 1030. The van der Waals surface area contributed by atoms with E-state index < -0.39 is 0 Å². The van der Waals surface area contributed by atoms with Gasteiger partial charge in [-0.05, 0) is 36.1 Å². The molecule has 0 fully saturated rings. The molecule has 0 saturated heterocycles. The number of aromatic amines is 1. The molecule has 8 heteroatoms. The Balaban J connectivity index is 1.89. The Morgan fingerprint density at radius 2 is 1.86 bits per heavy atom. The molecule has 0 bridgehead atoms. The van der Waals surface area contributed by atoms with Crippen LogP contribution in [0.3, 0.4) is 0 Å². The summed E-state index contributed by atoms with van der Waals surface area (Å²) in [5.74, 6) is -0.215. The minimum absolute atomic E-state index is 0.294. The zero-order valence-electron chi connectivity index (χ0n) is 16.2. The lowest BCUT2D eigenvalue weighted by molar-refractivity contribution is 0.0901.